The number of aromatic nitrogens is 2. The summed E-state index contributed by atoms with van der Waals surface area (Å²) in [6.45, 7) is 6.93. The first kappa shape index (κ1) is 22.9. The van der Waals surface area contributed by atoms with Crippen molar-refractivity contribution < 1.29 is 14.7 Å². The zero-order valence-corrected chi connectivity index (χ0v) is 18.8. The summed E-state index contributed by atoms with van der Waals surface area (Å²) in [5, 5.41) is 9.31. The van der Waals surface area contributed by atoms with Crippen LogP contribution in [0.4, 0.5) is 0 Å². The fourth-order valence-electron chi connectivity index (χ4n) is 4.52. The highest BCUT2D eigenvalue weighted by Crippen LogP contribution is 2.51. The third-order valence-corrected chi connectivity index (χ3v) is 7.68. The first-order valence-electron chi connectivity index (χ1n) is 10.0. The lowest BCUT2D eigenvalue weighted by Crippen LogP contribution is -2.65. The van der Waals surface area contributed by atoms with Gasteiger partial charge < -0.3 is 25.2 Å². The fraction of sp³-hybridized carbons (Fsp3) is 0.684. The number of carboxylic acid groups (broad SMARTS) is 1. The zero-order valence-electron chi connectivity index (χ0n) is 17.2. The van der Waals surface area contributed by atoms with Gasteiger partial charge in [0, 0.05) is 36.8 Å². The van der Waals surface area contributed by atoms with Gasteiger partial charge in [0.15, 0.2) is 6.04 Å². The van der Waals surface area contributed by atoms with Crippen LogP contribution in [-0.4, -0.2) is 78.0 Å². The van der Waals surface area contributed by atoms with E-state index < -0.39 is 22.8 Å². The van der Waals surface area contributed by atoms with Crippen molar-refractivity contribution in [3.8, 4) is 0 Å². The Morgan fingerprint density at radius 1 is 1.43 bits per heavy atom. The predicted octanol–water partition coefficient (Wildman–Crippen LogP) is 1.02. The number of aliphatic carboxylic acids is 1. The molecule has 1 aromatic heterocycles. The largest absolute Gasteiger partial charge is 0.480 e. The van der Waals surface area contributed by atoms with Gasteiger partial charge in [-0.05, 0) is 32.6 Å². The molecule has 1 amide bonds. The van der Waals surface area contributed by atoms with E-state index in [1.165, 1.54) is 16.7 Å². The second kappa shape index (κ2) is 8.76. The molecule has 4 heterocycles. The van der Waals surface area contributed by atoms with Crippen LogP contribution >= 0.6 is 24.2 Å². The zero-order chi connectivity index (χ0) is 20.8. The number of aliphatic imine (C=N–C) groups is 1. The van der Waals surface area contributed by atoms with Crippen LogP contribution < -0.4 is 5.73 Å². The molecule has 3 saturated heterocycles. The second-order valence-electron chi connectivity index (χ2n) is 8.49. The van der Waals surface area contributed by atoms with Crippen LogP contribution in [0.1, 0.15) is 32.5 Å². The maximum atomic E-state index is 12.5. The third kappa shape index (κ3) is 4.04. The Morgan fingerprint density at radius 2 is 2.13 bits per heavy atom. The molecule has 3 aliphatic rings. The Bertz CT molecular complexity index is 823. The van der Waals surface area contributed by atoms with Crippen molar-refractivity contribution in [3.63, 3.8) is 0 Å². The number of carbonyl (C=O) groups excluding carboxylic acids is 1. The highest BCUT2D eigenvalue weighted by Gasteiger charge is 2.63. The molecule has 2 unspecified atom stereocenters. The van der Waals surface area contributed by atoms with Gasteiger partial charge in [0.05, 0.1) is 12.9 Å². The number of carboxylic acids is 1. The van der Waals surface area contributed by atoms with Gasteiger partial charge >= 0.3 is 5.97 Å². The van der Waals surface area contributed by atoms with Crippen LogP contribution in [0.25, 0.3) is 0 Å². The number of β-lactam (4-membered cyclic amide) rings is 1. The average Bonchev–Trinajstić information content (AvgIpc) is 3.22. The van der Waals surface area contributed by atoms with Crippen molar-refractivity contribution in [1.29, 1.82) is 0 Å². The van der Waals surface area contributed by atoms with Crippen molar-refractivity contribution in [1.82, 2.24) is 19.4 Å². The molecule has 11 heteroatoms. The molecule has 1 aromatic rings. The molecule has 0 spiro atoms. The number of nitrogens with zero attached hydrogens (tertiary/aromatic N) is 5. The Labute approximate surface area is 186 Å². The van der Waals surface area contributed by atoms with Crippen LogP contribution in [-0.2, 0) is 22.7 Å². The van der Waals surface area contributed by atoms with E-state index in [2.05, 4.69) is 19.4 Å². The number of hydrogen-bond donors (Lipinski definition) is 2. The maximum absolute atomic E-state index is 12.5. The standard InChI is InChI=1S/C19H28N6O3S.ClH/c1-19(2)15(18(27)28)25-16(26)14(17(25)29-19)22-11-23-6-3-12(4-7-23)10-24-8-5-21-13(24)9-20;/h5,8,11-12,14-15,17H,3-4,6-7,9-10,20H2,1-2H3,(H,27,28);1H/t14?,15-,17?;/m0./s1. The van der Waals surface area contributed by atoms with Crippen LogP contribution in [0.3, 0.4) is 0 Å². The summed E-state index contributed by atoms with van der Waals surface area (Å²) in [5.41, 5.74) is 5.72. The van der Waals surface area contributed by atoms with E-state index >= 15 is 0 Å². The number of thioether (sulfide) groups is 1. The minimum absolute atomic E-state index is 0. The van der Waals surface area contributed by atoms with Crippen molar-refractivity contribution in [2.24, 2.45) is 16.6 Å². The summed E-state index contributed by atoms with van der Waals surface area (Å²) >= 11 is 1.53. The number of amides is 1. The minimum atomic E-state index is -0.946. The monoisotopic (exact) mass is 456 g/mol. The quantitative estimate of drug-likeness (QED) is 0.372. The molecule has 0 radical (unpaired) electrons. The Hall–Kier alpha value is -1.78. The first-order chi connectivity index (χ1) is 13.8. The molecule has 3 atom stereocenters. The predicted molar refractivity (Wildman–Crippen MR) is 118 cm³/mol. The molecule has 3 aliphatic heterocycles. The molecule has 166 valence electrons. The third-order valence-electron chi connectivity index (χ3n) is 6.13. The van der Waals surface area contributed by atoms with Crippen molar-refractivity contribution in [2.45, 2.75) is 62.0 Å². The molecular formula is C19H29ClN6O3S. The molecule has 0 aromatic carbocycles. The van der Waals surface area contributed by atoms with Crippen LogP contribution in [0.15, 0.2) is 17.4 Å². The number of likely N-dealkylation sites (tertiary alicyclic amines) is 1. The van der Waals surface area contributed by atoms with E-state index in [0.29, 0.717) is 12.5 Å². The van der Waals surface area contributed by atoms with E-state index in [4.69, 9.17) is 5.73 Å². The second-order valence-corrected chi connectivity index (χ2v) is 10.3. The van der Waals surface area contributed by atoms with Gasteiger partial charge in [-0.2, -0.15) is 0 Å². The van der Waals surface area contributed by atoms with Gasteiger partial charge in [-0.1, -0.05) is 0 Å². The van der Waals surface area contributed by atoms with Gasteiger partial charge in [0.2, 0.25) is 0 Å². The minimum Gasteiger partial charge on any atom is -0.480 e. The molecule has 3 fully saturated rings. The molecule has 30 heavy (non-hydrogen) atoms. The average molecular weight is 457 g/mol. The lowest BCUT2D eigenvalue weighted by molar-refractivity contribution is -0.158. The Kier molecular flexibility index (Phi) is 6.69. The summed E-state index contributed by atoms with van der Waals surface area (Å²) in [6.07, 6.45) is 7.66. The van der Waals surface area contributed by atoms with Gasteiger partial charge in [-0.15, -0.1) is 24.2 Å². The lowest BCUT2D eigenvalue weighted by Gasteiger charge is -2.41. The van der Waals surface area contributed by atoms with Crippen molar-refractivity contribution in [3.05, 3.63) is 18.2 Å². The van der Waals surface area contributed by atoms with Crippen molar-refractivity contribution >= 4 is 42.4 Å². The summed E-state index contributed by atoms with van der Waals surface area (Å²) < 4.78 is 1.62. The van der Waals surface area contributed by atoms with E-state index in [1.807, 2.05) is 20.0 Å². The van der Waals surface area contributed by atoms with Gasteiger partial charge in [-0.25, -0.2) is 9.78 Å². The lowest BCUT2D eigenvalue weighted by atomic mass is 9.96. The van der Waals surface area contributed by atoms with Gasteiger partial charge in [0.25, 0.3) is 5.91 Å². The number of halogens is 1. The Morgan fingerprint density at radius 3 is 2.77 bits per heavy atom. The van der Waals surface area contributed by atoms with Gasteiger partial charge in [-0.3, -0.25) is 9.79 Å². The Balaban J connectivity index is 0.00000256. The van der Waals surface area contributed by atoms with Crippen LogP contribution in [0.5, 0.6) is 0 Å². The van der Waals surface area contributed by atoms with E-state index in [1.54, 1.807) is 12.5 Å². The molecule has 0 saturated carbocycles. The molecule has 3 N–H and O–H groups in total. The molecule has 0 aliphatic carbocycles. The highest BCUT2D eigenvalue weighted by molar-refractivity contribution is 8.01. The van der Waals surface area contributed by atoms with E-state index in [9.17, 15) is 14.7 Å². The summed E-state index contributed by atoms with van der Waals surface area (Å²) in [6, 6.07) is -1.26. The maximum Gasteiger partial charge on any atom is 0.327 e. The van der Waals surface area contributed by atoms with E-state index in [0.717, 1.165) is 38.3 Å². The number of hydrogen-bond acceptors (Lipinski definition) is 6. The number of imidazole rings is 1. The summed E-state index contributed by atoms with van der Waals surface area (Å²) in [5.74, 6) is 0.362. The first-order valence-corrected chi connectivity index (χ1v) is 10.9. The molecular weight excluding hydrogens is 428 g/mol. The van der Waals surface area contributed by atoms with Crippen LogP contribution in [0, 0.1) is 5.92 Å². The van der Waals surface area contributed by atoms with E-state index in [-0.39, 0.29) is 23.7 Å². The van der Waals surface area contributed by atoms with Crippen molar-refractivity contribution in [2.75, 3.05) is 13.1 Å². The SMILES string of the molecule is CC1(C)SC2C(N=CN3CCC(Cn4ccnc4CN)CC3)C(=O)N2[C@H]1C(=O)O.Cl. The molecule has 9 nitrogen and oxygen atoms in total. The smallest absolute Gasteiger partial charge is 0.327 e. The molecule has 4 rings (SSSR count). The number of fused-ring (bicyclic) bond motifs is 1. The summed E-state index contributed by atoms with van der Waals surface area (Å²) in [4.78, 5) is 36.5. The number of nitrogens with two attached hydrogens (primary N) is 1. The summed E-state index contributed by atoms with van der Waals surface area (Å²) in [7, 11) is 0. The number of rotatable bonds is 6. The highest BCUT2D eigenvalue weighted by atomic mass is 35.5. The topological polar surface area (TPSA) is 117 Å². The van der Waals surface area contributed by atoms with Gasteiger partial charge in [0.1, 0.15) is 17.2 Å². The number of piperidine rings is 1. The normalized spacial score (nSPS) is 28.4. The number of carbonyl (C=O) groups is 2. The molecule has 0 bridgehead atoms. The van der Waals surface area contributed by atoms with Crippen LogP contribution in [0.2, 0.25) is 0 Å². The fourth-order valence-corrected chi connectivity index (χ4v) is 6.14.